The maximum absolute atomic E-state index is 5.96. The fourth-order valence-corrected chi connectivity index (χ4v) is 2.55. The van der Waals surface area contributed by atoms with Gasteiger partial charge in [0.2, 0.25) is 11.8 Å². The van der Waals surface area contributed by atoms with E-state index in [2.05, 4.69) is 20.2 Å². The molecule has 0 spiro atoms. The van der Waals surface area contributed by atoms with E-state index in [1.54, 1.807) is 11.6 Å². The molecule has 0 aliphatic heterocycles. The first kappa shape index (κ1) is 15.7. The van der Waals surface area contributed by atoms with Gasteiger partial charge >= 0.3 is 0 Å². The number of hydrogen-bond acceptors (Lipinski definition) is 5. The Hall–Kier alpha value is -2.18. The van der Waals surface area contributed by atoms with Crippen LogP contribution in [0.15, 0.2) is 41.1 Å². The molecule has 1 aromatic carbocycles. The number of nitrogens with zero attached hydrogens (tertiary/aromatic N) is 5. The van der Waals surface area contributed by atoms with Gasteiger partial charge in [-0.3, -0.25) is 9.58 Å². The predicted octanol–water partition coefficient (Wildman–Crippen LogP) is 2.97. The van der Waals surface area contributed by atoms with Crippen LogP contribution < -0.4 is 0 Å². The molecular weight excluding hydrogens is 314 g/mol. The van der Waals surface area contributed by atoms with E-state index in [1.165, 1.54) is 5.56 Å². The number of benzene rings is 1. The van der Waals surface area contributed by atoms with E-state index < -0.39 is 0 Å². The molecular formula is C16H18ClN5O. The molecule has 2 heterocycles. The Kier molecular flexibility index (Phi) is 4.73. The second kappa shape index (κ2) is 6.93. The summed E-state index contributed by atoms with van der Waals surface area (Å²) in [4.78, 5) is 2.23. The Morgan fingerprint density at radius 1 is 1.09 bits per heavy atom. The van der Waals surface area contributed by atoms with Crippen LogP contribution in [0.5, 0.6) is 0 Å². The van der Waals surface area contributed by atoms with Crippen molar-refractivity contribution in [3.8, 4) is 0 Å². The van der Waals surface area contributed by atoms with Crippen LogP contribution in [0.1, 0.15) is 22.9 Å². The van der Waals surface area contributed by atoms with Gasteiger partial charge in [0.15, 0.2) is 0 Å². The van der Waals surface area contributed by atoms with Crippen LogP contribution in [0.2, 0.25) is 5.02 Å². The number of aryl methyl sites for hydroxylation is 2. The minimum Gasteiger partial charge on any atom is -0.424 e. The normalized spacial score (nSPS) is 11.3. The van der Waals surface area contributed by atoms with E-state index in [9.17, 15) is 0 Å². The van der Waals surface area contributed by atoms with E-state index in [0.29, 0.717) is 18.3 Å². The summed E-state index contributed by atoms with van der Waals surface area (Å²) < 4.78 is 7.31. The Morgan fingerprint density at radius 3 is 2.43 bits per heavy atom. The van der Waals surface area contributed by atoms with Crippen LogP contribution >= 0.6 is 11.6 Å². The van der Waals surface area contributed by atoms with Crippen LogP contribution in [-0.4, -0.2) is 24.9 Å². The monoisotopic (exact) mass is 331 g/mol. The molecule has 0 saturated carbocycles. The highest BCUT2D eigenvalue weighted by Gasteiger charge is 2.13. The molecule has 0 atom stereocenters. The van der Waals surface area contributed by atoms with Gasteiger partial charge in [-0.2, -0.15) is 5.10 Å². The second-order valence-corrected chi connectivity index (χ2v) is 5.95. The summed E-state index contributed by atoms with van der Waals surface area (Å²) in [6.07, 6.45) is 3.88. The van der Waals surface area contributed by atoms with Crippen molar-refractivity contribution >= 4 is 11.6 Å². The minimum atomic E-state index is 0.577. The molecule has 0 radical (unpaired) electrons. The molecule has 0 aliphatic rings. The van der Waals surface area contributed by atoms with Crippen LogP contribution in [0.4, 0.5) is 0 Å². The Labute approximate surface area is 139 Å². The van der Waals surface area contributed by atoms with E-state index in [1.807, 2.05) is 43.7 Å². The standard InChI is InChI=1S/C16H18ClN5O/c1-12-19-20-16(23-12)11-22(10-14-7-18-21(2)8-14)9-13-3-5-15(17)6-4-13/h3-8H,9-11H2,1-2H3. The molecule has 0 aliphatic carbocycles. The van der Waals surface area contributed by atoms with Gasteiger partial charge in [0, 0.05) is 43.8 Å². The lowest BCUT2D eigenvalue weighted by Gasteiger charge is -2.20. The Balaban J connectivity index is 1.75. The smallest absolute Gasteiger partial charge is 0.230 e. The maximum atomic E-state index is 5.96. The van der Waals surface area contributed by atoms with Crippen LogP contribution in [-0.2, 0) is 26.7 Å². The lowest BCUT2D eigenvalue weighted by Crippen LogP contribution is -2.22. The van der Waals surface area contributed by atoms with Crippen molar-refractivity contribution in [3.63, 3.8) is 0 Å². The van der Waals surface area contributed by atoms with Crippen molar-refractivity contribution in [2.24, 2.45) is 7.05 Å². The summed E-state index contributed by atoms with van der Waals surface area (Å²) in [7, 11) is 1.91. The largest absolute Gasteiger partial charge is 0.424 e. The summed E-state index contributed by atoms with van der Waals surface area (Å²) in [6.45, 7) is 3.88. The van der Waals surface area contributed by atoms with Gasteiger partial charge in [-0.15, -0.1) is 10.2 Å². The molecule has 6 nitrogen and oxygen atoms in total. The zero-order chi connectivity index (χ0) is 16.2. The molecule has 0 unspecified atom stereocenters. The quantitative estimate of drug-likeness (QED) is 0.695. The Morgan fingerprint density at radius 2 is 1.83 bits per heavy atom. The third-order valence-corrected chi connectivity index (χ3v) is 3.66. The maximum Gasteiger partial charge on any atom is 0.230 e. The van der Waals surface area contributed by atoms with E-state index in [-0.39, 0.29) is 0 Å². The zero-order valence-corrected chi connectivity index (χ0v) is 13.9. The first-order valence-electron chi connectivity index (χ1n) is 7.32. The zero-order valence-electron chi connectivity index (χ0n) is 13.1. The molecule has 7 heteroatoms. The van der Waals surface area contributed by atoms with Gasteiger partial charge in [0.05, 0.1) is 12.7 Å². The average molecular weight is 332 g/mol. The van der Waals surface area contributed by atoms with Crippen molar-refractivity contribution in [2.75, 3.05) is 0 Å². The van der Waals surface area contributed by atoms with Crippen molar-refractivity contribution in [3.05, 3.63) is 64.6 Å². The van der Waals surface area contributed by atoms with Crippen molar-refractivity contribution in [2.45, 2.75) is 26.6 Å². The first-order valence-corrected chi connectivity index (χ1v) is 7.69. The van der Waals surface area contributed by atoms with Crippen LogP contribution in [0.3, 0.4) is 0 Å². The summed E-state index contributed by atoms with van der Waals surface area (Å²) in [5.74, 6) is 1.19. The SMILES string of the molecule is Cc1nnc(CN(Cc2ccc(Cl)cc2)Cc2cnn(C)c2)o1. The lowest BCUT2D eigenvalue weighted by atomic mass is 10.2. The van der Waals surface area contributed by atoms with Gasteiger partial charge in [-0.25, -0.2) is 0 Å². The molecule has 3 rings (SSSR count). The molecule has 2 aromatic heterocycles. The number of rotatable bonds is 6. The molecule has 0 saturated heterocycles. The molecule has 120 valence electrons. The summed E-state index contributed by atoms with van der Waals surface area (Å²) >= 11 is 5.96. The minimum absolute atomic E-state index is 0.577. The second-order valence-electron chi connectivity index (χ2n) is 5.51. The van der Waals surface area contributed by atoms with Gasteiger partial charge in [-0.05, 0) is 17.7 Å². The highest BCUT2D eigenvalue weighted by molar-refractivity contribution is 6.30. The molecule has 0 bridgehead atoms. The average Bonchev–Trinajstić information content (AvgIpc) is 3.10. The number of hydrogen-bond donors (Lipinski definition) is 0. The molecule has 0 N–H and O–H groups in total. The summed E-state index contributed by atoms with van der Waals surface area (Å²) in [5.41, 5.74) is 2.31. The highest BCUT2D eigenvalue weighted by Crippen LogP contribution is 2.15. The fourth-order valence-electron chi connectivity index (χ4n) is 2.42. The third-order valence-electron chi connectivity index (χ3n) is 3.41. The summed E-state index contributed by atoms with van der Waals surface area (Å²) in [5, 5.41) is 12.9. The first-order chi connectivity index (χ1) is 11.1. The molecule has 0 amide bonds. The topological polar surface area (TPSA) is 60.0 Å². The highest BCUT2D eigenvalue weighted by atomic mass is 35.5. The summed E-state index contributed by atoms with van der Waals surface area (Å²) in [6, 6.07) is 7.85. The Bertz CT molecular complexity index is 723. The van der Waals surface area contributed by atoms with Gasteiger partial charge in [0.1, 0.15) is 0 Å². The fraction of sp³-hybridized carbons (Fsp3) is 0.312. The van der Waals surface area contributed by atoms with Crippen LogP contribution in [0.25, 0.3) is 0 Å². The third kappa shape index (κ3) is 4.40. The van der Waals surface area contributed by atoms with Gasteiger partial charge in [0.25, 0.3) is 0 Å². The van der Waals surface area contributed by atoms with Gasteiger partial charge in [-0.1, -0.05) is 23.7 Å². The van der Waals surface area contributed by atoms with Crippen molar-refractivity contribution in [1.29, 1.82) is 0 Å². The van der Waals surface area contributed by atoms with E-state index in [0.717, 1.165) is 23.7 Å². The van der Waals surface area contributed by atoms with Crippen molar-refractivity contribution in [1.82, 2.24) is 24.9 Å². The number of aromatic nitrogens is 4. The molecule has 23 heavy (non-hydrogen) atoms. The van der Waals surface area contributed by atoms with E-state index >= 15 is 0 Å². The lowest BCUT2D eigenvalue weighted by molar-refractivity contribution is 0.221. The molecule has 3 aromatic rings. The molecule has 0 fully saturated rings. The predicted molar refractivity (Wildman–Crippen MR) is 86.6 cm³/mol. The number of halogens is 1. The van der Waals surface area contributed by atoms with E-state index in [4.69, 9.17) is 16.0 Å². The van der Waals surface area contributed by atoms with Crippen molar-refractivity contribution < 1.29 is 4.42 Å². The van der Waals surface area contributed by atoms with Gasteiger partial charge < -0.3 is 4.42 Å². The van der Waals surface area contributed by atoms with Crippen LogP contribution in [0, 0.1) is 6.92 Å².